The summed E-state index contributed by atoms with van der Waals surface area (Å²) in [6.07, 6.45) is 0. The summed E-state index contributed by atoms with van der Waals surface area (Å²) in [5.74, 6) is -1.08. The number of carboxylic acid groups (broad SMARTS) is 1. The molecule has 0 atom stereocenters. The average molecular weight is 230 g/mol. The van der Waals surface area contributed by atoms with Crippen molar-refractivity contribution >= 4 is 53.2 Å². The van der Waals surface area contributed by atoms with Crippen LogP contribution in [0.4, 0.5) is 5.82 Å². The number of hydrogen-bond donors (Lipinski definition) is 2. The molecule has 6 heteroatoms. The summed E-state index contributed by atoms with van der Waals surface area (Å²) in [6, 6.07) is 6.48. The molecule has 4 nitrogen and oxygen atoms in total. The van der Waals surface area contributed by atoms with E-state index in [1.165, 1.54) is 6.07 Å². The number of hydrogen-bond acceptors (Lipinski definition) is 3. The van der Waals surface area contributed by atoms with E-state index in [4.69, 9.17) is 22.4 Å². The number of anilines is 1. The predicted molar refractivity (Wildman–Crippen MR) is 63.9 cm³/mol. The molecule has 0 aliphatic rings. The van der Waals surface area contributed by atoms with Gasteiger partial charge in [0.15, 0.2) is 0 Å². The van der Waals surface area contributed by atoms with Crippen LogP contribution in [0, 0.1) is 0 Å². The molecule has 0 saturated carbocycles. The maximum Gasteiger partial charge on any atom is 0.339 e. The van der Waals surface area contributed by atoms with Crippen LogP contribution >= 0.6 is 11.6 Å². The quantitative estimate of drug-likeness (QED) is 0.731. The Bertz CT molecular complexity index is 560. The Balaban J connectivity index is 0.00000128. The monoisotopic (exact) mass is 229 g/mol. The number of benzene rings is 1. The van der Waals surface area contributed by atoms with Crippen LogP contribution in [-0.4, -0.2) is 34.9 Å². The second-order valence-corrected chi connectivity index (χ2v) is 3.50. The van der Waals surface area contributed by atoms with E-state index < -0.39 is 5.97 Å². The molecular formula is C10H7ClLiN2O2. The second-order valence-electron chi connectivity index (χ2n) is 3.06. The Kier molecular flexibility index (Phi) is 3.82. The van der Waals surface area contributed by atoms with E-state index in [2.05, 4.69) is 4.98 Å². The summed E-state index contributed by atoms with van der Waals surface area (Å²) >= 11 is 5.78. The van der Waals surface area contributed by atoms with Crippen molar-refractivity contribution in [1.29, 1.82) is 0 Å². The van der Waals surface area contributed by atoms with Gasteiger partial charge in [0.25, 0.3) is 0 Å². The summed E-state index contributed by atoms with van der Waals surface area (Å²) in [6.45, 7) is 0. The number of rotatable bonds is 1. The number of nitrogens with zero attached hydrogens (tertiary/aromatic N) is 1. The molecule has 0 aliphatic heterocycles. The number of carbonyl (C=O) groups is 1. The zero-order valence-electron chi connectivity index (χ0n) is 8.57. The molecule has 1 radical (unpaired) electrons. The molecule has 0 aliphatic carbocycles. The molecule has 0 fully saturated rings. The smallest absolute Gasteiger partial charge is 0.339 e. The van der Waals surface area contributed by atoms with Crippen molar-refractivity contribution in [1.82, 2.24) is 4.98 Å². The van der Waals surface area contributed by atoms with Crippen molar-refractivity contribution in [3.8, 4) is 0 Å². The van der Waals surface area contributed by atoms with Crippen molar-refractivity contribution in [3.63, 3.8) is 0 Å². The first kappa shape index (κ1) is 12.9. The van der Waals surface area contributed by atoms with Gasteiger partial charge in [-0.1, -0.05) is 11.6 Å². The van der Waals surface area contributed by atoms with Crippen molar-refractivity contribution in [3.05, 3.63) is 34.9 Å². The summed E-state index contributed by atoms with van der Waals surface area (Å²) in [5, 5.41) is 10.0. The van der Waals surface area contributed by atoms with Gasteiger partial charge in [-0.05, 0) is 24.3 Å². The number of pyridine rings is 1. The molecule has 0 amide bonds. The summed E-state index contributed by atoms with van der Waals surface area (Å²) in [7, 11) is 0. The van der Waals surface area contributed by atoms with Gasteiger partial charge in [-0.25, -0.2) is 9.78 Å². The fourth-order valence-electron chi connectivity index (χ4n) is 1.33. The van der Waals surface area contributed by atoms with Gasteiger partial charge in [0.1, 0.15) is 11.4 Å². The van der Waals surface area contributed by atoms with Crippen molar-refractivity contribution in [2.24, 2.45) is 0 Å². The minimum absolute atomic E-state index is 0. The summed E-state index contributed by atoms with van der Waals surface area (Å²) < 4.78 is 0. The maximum atomic E-state index is 10.8. The van der Waals surface area contributed by atoms with Gasteiger partial charge in [-0.2, -0.15) is 0 Å². The molecule has 1 aromatic heterocycles. The van der Waals surface area contributed by atoms with Crippen LogP contribution in [-0.2, 0) is 0 Å². The number of fused-ring (bicyclic) bond motifs is 1. The predicted octanol–water partition coefficient (Wildman–Crippen LogP) is 1.79. The molecule has 2 aromatic rings. The number of nitrogen functional groups attached to an aromatic ring is 1. The zero-order valence-corrected chi connectivity index (χ0v) is 9.32. The van der Waals surface area contributed by atoms with E-state index in [0.717, 1.165) is 0 Å². The van der Waals surface area contributed by atoms with Crippen molar-refractivity contribution < 1.29 is 9.90 Å². The third-order valence-electron chi connectivity index (χ3n) is 2.04. The topological polar surface area (TPSA) is 76.2 Å². The minimum atomic E-state index is -1.10. The van der Waals surface area contributed by atoms with E-state index in [-0.39, 0.29) is 30.2 Å². The number of carboxylic acids is 1. The Labute approximate surface area is 109 Å². The van der Waals surface area contributed by atoms with Crippen LogP contribution in [0.1, 0.15) is 10.4 Å². The van der Waals surface area contributed by atoms with Crippen LogP contribution in [0.3, 0.4) is 0 Å². The van der Waals surface area contributed by atoms with E-state index in [9.17, 15) is 4.79 Å². The molecular weight excluding hydrogens is 223 g/mol. The van der Waals surface area contributed by atoms with Gasteiger partial charge >= 0.3 is 5.97 Å². The van der Waals surface area contributed by atoms with E-state index in [1.54, 1.807) is 18.2 Å². The molecule has 77 valence electrons. The third kappa shape index (κ3) is 2.30. The van der Waals surface area contributed by atoms with Gasteiger partial charge in [0.2, 0.25) is 0 Å². The Morgan fingerprint density at radius 1 is 1.38 bits per heavy atom. The number of halogens is 1. The molecule has 1 heterocycles. The minimum Gasteiger partial charge on any atom is -0.478 e. The molecule has 16 heavy (non-hydrogen) atoms. The molecule has 0 unspecified atom stereocenters. The van der Waals surface area contributed by atoms with Crippen LogP contribution in [0.15, 0.2) is 24.3 Å². The SMILES string of the molecule is Nc1nc2ccc(Cl)cc2cc1C(=O)O.[Li]. The Hall–Kier alpha value is -1.21. The third-order valence-corrected chi connectivity index (χ3v) is 2.27. The first-order valence-corrected chi connectivity index (χ1v) is 4.55. The molecule has 2 rings (SSSR count). The van der Waals surface area contributed by atoms with Gasteiger partial charge in [-0.3, -0.25) is 0 Å². The Morgan fingerprint density at radius 2 is 2.06 bits per heavy atom. The van der Waals surface area contributed by atoms with Crippen molar-refractivity contribution in [2.45, 2.75) is 0 Å². The first-order valence-electron chi connectivity index (χ1n) is 4.17. The largest absolute Gasteiger partial charge is 0.478 e. The number of aromatic nitrogens is 1. The summed E-state index contributed by atoms with van der Waals surface area (Å²) in [4.78, 5) is 14.8. The number of nitrogens with two attached hydrogens (primary N) is 1. The molecule has 3 N–H and O–H groups in total. The van der Waals surface area contributed by atoms with Crippen LogP contribution < -0.4 is 5.73 Å². The second kappa shape index (κ2) is 4.75. The van der Waals surface area contributed by atoms with E-state index >= 15 is 0 Å². The van der Waals surface area contributed by atoms with Gasteiger partial charge in [0.05, 0.1) is 5.52 Å². The Morgan fingerprint density at radius 3 is 2.69 bits per heavy atom. The summed E-state index contributed by atoms with van der Waals surface area (Å²) in [5.41, 5.74) is 6.12. The van der Waals surface area contributed by atoms with Crippen LogP contribution in [0.2, 0.25) is 5.02 Å². The maximum absolute atomic E-state index is 10.8. The molecule has 1 aromatic carbocycles. The number of aromatic carboxylic acids is 1. The van der Waals surface area contributed by atoms with E-state index in [1.807, 2.05) is 0 Å². The zero-order chi connectivity index (χ0) is 11.0. The van der Waals surface area contributed by atoms with Gasteiger partial charge in [-0.15, -0.1) is 0 Å². The standard InChI is InChI=1S/C10H7ClN2O2.Li/c11-6-1-2-8-5(3-6)4-7(10(14)15)9(12)13-8;/h1-4H,(H2,12,13)(H,14,15);. The van der Waals surface area contributed by atoms with Crippen LogP contribution in [0.25, 0.3) is 10.9 Å². The average Bonchev–Trinajstić information content (AvgIpc) is 2.17. The normalized spacial score (nSPS) is 9.81. The van der Waals surface area contributed by atoms with Crippen molar-refractivity contribution in [2.75, 3.05) is 5.73 Å². The fourth-order valence-corrected chi connectivity index (χ4v) is 1.51. The molecule has 0 bridgehead atoms. The van der Waals surface area contributed by atoms with Gasteiger partial charge < -0.3 is 10.8 Å². The van der Waals surface area contributed by atoms with E-state index in [0.29, 0.717) is 15.9 Å². The fraction of sp³-hybridized carbons (Fsp3) is 0. The van der Waals surface area contributed by atoms with Crippen LogP contribution in [0.5, 0.6) is 0 Å². The molecule has 0 saturated heterocycles. The first-order chi connectivity index (χ1) is 7.08. The van der Waals surface area contributed by atoms with Gasteiger partial charge in [0, 0.05) is 29.3 Å². The molecule has 0 spiro atoms.